The third-order valence-corrected chi connectivity index (χ3v) is 4.86. The summed E-state index contributed by atoms with van der Waals surface area (Å²) in [6.45, 7) is 1.63. The first-order chi connectivity index (χ1) is 13.0. The molecule has 1 aromatic heterocycles. The quantitative estimate of drug-likeness (QED) is 0.752. The number of aromatic nitrogens is 1. The van der Waals surface area contributed by atoms with E-state index in [2.05, 4.69) is 9.71 Å². The molecule has 0 radical (unpaired) electrons. The van der Waals surface area contributed by atoms with Crippen molar-refractivity contribution in [3.63, 3.8) is 0 Å². The monoisotopic (exact) mass is 408 g/mol. The van der Waals surface area contributed by atoms with Crippen LogP contribution in [0.25, 0.3) is 0 Å². The van der Waals surface area contributed by atoms with Gasteiger partial charge >= 0.3 is 0 Å². The first-order valence-electron chi connectivity index (χ1n) is 8.12. The number of rotatable bonds is 4. The van der Waals surface area contributed by atoms with Gasteiger partial charge in [0.15, 0.2) is 0 Å². The van der Waals surface area contributed by atoms with Gasteiger partial charge < -0.3 is 9.80 Å². The fourth-order valence-corrected chi connectivity index (χ4v) is 3.42. The minimum absolute atomic E-state index is 0.154. The summed E-state index contributed by atoms with van der Waals surface area (Å²) < 4.78 is 21.9. The summed E-state index contributed by atoms with van der Waals surface area (Å²) in [7, 11) is 0. The summed E-state index contributed by atoms with van der Waals surface area (Å²) in [6, 6.07) is 9.63. The molecule has 0 bridgehead atoms. The van der Waals surface area contributed by atoms with Crippen LogP contribution in [0, 0.1) is 0 Å². The summed E-state index contributed by atoms with van der Waals surface area (Å²) in [5.74, 6) is -0.364. The standard InChI is InChI=1S/C17H17ClN4O4S/c18-13-11-12(4-5-14(13)20-27(25)26)16(23)21-7-9-22(10-8-21)17(24)15-3-1-2-6-19-15/h1-6,11,20H,7-10H2,(H,25,26). The van der Waals surface area contributed by atoms with Gasteiger partial charge in [-0.05, 0) is 30.3 Å². The van der Waals surface area contributed by atoms with Crippen LogP contribution in [0.2, 0.25) is 5.02 Å². The lowest BCUT2D eigenvalue weighted by atomic mass is 10.1. The Morgan fingerprint density at radius 2 is 1.74 bits per heavy atom. The Morgan fingerprint density at radius 3 is 2.30 bits per heavy atom. The third-order valence-electron chi connectivity index (χ3n) is 4.15. The number of carbonyl (C=O) groups is 2. The molecule has 0 saturated carbocycles. The van der Waals surface area contributed by atoms with Crippen LogP contribution in [0.4, 0.5) is 5.69 Å². The number of hydrogen-bond donors (Lipinski definition) is 2. The van der Waals surface area contributed by atoms with E-state index < -0.39 is 11.3 Å². The van der Waals surface area contributed by atoms with Crippen molar-refractivity contribution >= 4 is 40.4 Å². The zero-order valence-electron chi connectivity index (χ0n) is 14.2. The second kappa shape index (κ2) is 8.47. The zero-order chi connectivity index (χ0) is 19.4. The lowest BCUT2D eigenvalue weighted by Gasteiger charge is -2.34. The van der Waals surface area contributed by atoms with Crippen LogP contribution < -0.4 is 4.72 Å². The van der Waals surface area contributed by atoms with Gasteiger partial charge in [-0.2, -0.15) is 0 Å². The minimum Gasteiger partial charge on any atom is -0.335 e. The highest BCUT2D eigenvalue weighted by molar-refractivity contribution is 7.80. The molecule has 8 nitrogen and oxygen atoms in total. The maximum absolute atomic E-state index is 12.7. The molecule has 1 unspecified atom stereocenters. The SMILES string of the molecule is O=C(c1ccc(NS(=O)O)c(Cl)c1)N1CCN(C(=O)c2ccccn2)CC1. The van der Waals surface area contributed by atoms with E-state index in [4.69, 9.17) is 16.2 Å². The van der Waals surface area contributed by atoms with Crippen LogP contribution in [-0.2, 0) is 11.3 Å². The van der Waals surface area contributed by atoms with E-state index in [1.54, 1.807) is 34.2 Å². The first-order valence-corrected chi connectivity index (χ1v) is 9.61. The second-order valence-electron chi connectivity index (χ2n) is 5.85. The van der Waals surface area contributed by atoms with E-state index in [-0.39, 0.29) is 22.5 Å². The number of benzene rings is 1. The topological polar surface area (TPSA) is 103 Å². The fraction of sp³-hybridized carbons (Fsp3) is 0.235. The van der Waals surface area contributed by atoms with Crippen LogP contribution >= 0.6 is 11.6 Å². The van der Waals surface area contributed by atoms with Crippen molar-refractivity contribution in [2.75, 3.05) is 30.9 Å². The average Bonchev–Trinajstić information content (AvgIpc) is 2.69. The highest BCUT2D eigenvalue weighted by Crippen LogP contribution is 2.24. The van der Waals surface area contributed by atoms with Crippen molar-refractivity contribution < 1.29 is 18.4 Å². The molecule has 1 saturated heterocycles. The number of hydrogen-bond acceptors (Lipinski definition) is 4. The van der Waals surface area contributed by atoms with E-state index in [1.165, 1.54) is 18.2 Å². The van der Waals surface area contributed by atoms with Crippen molar-refractivity contribution in [2.45, 2.75) is 0 Å². The molecule has 2 amide bonds. The molecule has 142 valence electrons. The Labute approximate surface area is 163 Å². The van der Waals surface area contributed by atoms with Crippen molar-refractivity contribution in [2.24, 2.45) is 0 Å². The van der Waals surface area contributed by atoms with Gasteiger partial charge in [0.2, 0.25) is 0 Å². The van der Waals surface area contributed by atoms with E-state index in [1.807, 2.05) is 0 Å². The molecule has 2 aromatic rings. The third kappa shape index (κ3) is 4.62. The Bertz CT molecular complexity index is 872. The Balaban J connectivity index is 1.62. The smallest absolute Gasteiger partial charge is 0.272 e. The Kier molecular flexibility index (Phi) is 6.04. The summed E-state index contributed by atoms with van der Waals surface area (Å²) in [5.41, 5.74) is 1.02. The Morgan fingerprint density at radius 1 is 1.07 bits per heavy atom. The highest BCUT2D eigenvalue weighted by atomic mass is 35.5. The predicted molar refractivity (Wildman–Crippen MR) is 102 cm³/mol. The molecular formula is C17H17ClN4O4S. The number of anilines is 1. The van der Waals surface area contributed by atoms with Crippen molar-refractivity contribution in [3.8, 4) is 0 Å². The summed E-state index contributed by atoms with van der Waals surface area (Å²) in [5, 5.41) is 0.173. The maximum Gasteiger partial charge on any atom is 0.272 e. The molecule has 2 N–H and O–H groups in total. The Hall–Kier alpha value is -2.49. The largest absolute Gasteiger partial charge is 0.335 e. The molecule has 1 atom stereocenters. The fourth-order valence-electron chi connectivity index (χ4n) is 2.77. The van der Waals surface area contributed by atoms with Gasteiger partial charge in [0.25, 0.3) is 23.1 Å². The van der Waals surface area contributed by atoms with Gasteiger partial charge in [0.1, 0.15) is 5.69 Å². The van der Waals surface area contributed by atoms with Gasteiger partial charge in [-0.25, -0.2) is 4.21 Å². The molecule has 27 heavy (non-hydrogen) atoms. The predicted octanol–water partition coefficient (Wildman–Crippen LogP) is 1.88. The van der Waals surface area contributed by atoms with Gasteiger partial charge in [-0.15, -0.1) is 0 Å². The zero-order valence-corrected chi connectivity index (χ0v) is 15.7. The van der Waals surface area contributed by atoms with Gasteiger partial charge in [0, 0.05) is 37.9 Å². The summed E-state index contributed by atoms with van der Waals surface area (Å²) >= 11 is 3.81. The van der Waals surface area contributed by atoms with E-state index in [0.717, 1.165) is 0 Å². The number of nitrogens with one attached hydrogen (secondary N) is 1. The van der Waals surface area contributed by atoms with Crippen molar-refractivity contribution in [1.29, 1.82) is 0 Å². The molecule has 3 rings (SSSR count). The molecule has 10 heteroatoms. The highest BCUT2D eigenvalue weighted by Gasteiger charge is 2.26. The van der Waals surface area contributed by atoms with E-state index >= 15 is 0 Å². The second-order valence-corrected chi connectivity index (χ2v) is 6.95. The molecule has 0 spiro atoms. The summed E-state index contributed by atoms with van der Waals surface area (Å²) in [4.78, 5) is 32.4. The first kappa shape index (κ1) is 19.3. The molecule has 1 aliphatic heterocycles. The van der Waals surface area contributed by atoms with Crippen molar-refractivity contribution in [3.05, 3.63) is 58.9 Å². The van der Waals surface area contributed by atoms with Gasteiger partial charge in [-0.3, -0.25) is 23.8 Å². The van der Waals surface area contributed by atoms with Crippen LogP contribution in [-0.4, -0.2) is 61.5 Å². The number of nitrogens with zero attached hydrogens (tertiary/aromatic N) is 3. The normalized spacial score (nSPS) is 15.3. The van der Waals surface area contributed by atoms with Crippen LogP contribution in [0.1, 0.15) is 20.8 Å². The summed E-state index contributed by atoms with van der Waals surface area (Å²) in [6.07, 6.45) is 1.57. The van der Waals surface area contributed by atoms with Gasteiger partial charge in [0.05, 0.1) is 10.7 Å². The van der Waals surface area contributed by atoms with Crippen molar-refractivity contribution in [1.82, 2.24) is 14.8 Å². The van der Waals surface area contributed by atoms with Crippen LogP contribution in [0.15, 0.2) is 42.6 Å². The molecule has 0 aliphatic carbocycles. The van der Waals surface area contributed by atoms with Crippen LogP contribution in [0.3, 0.4) is 0 Å². The van der Waals surface area contributed by atoms with Gasteiger partial charge in [-0.1, -0.05) is 17.7 Å². The lowest BCUT2D eigenvalue weighted by molar-refractivity contribution is 0.0532. The molecular weight excluding hydrogens is 392 g/mol. The number of amides is 2. The number of halogens is 1. The number of piperazine rings is 1. The molecule has 1 aliphatic rings. The number of carbonyl (C=O) groups excluding carboxylic acids is 2. The van der Waals surface area contributed by atoms with Crippen LogP contribution in [0.5, 0.6) is 0 Å². The lowest BCUT2D eigenvalue weighted by Crippen LogP contribution is -2.50. The maximum atomic E-state index is 12.7. The van der Waals surface area contributed by atoms with E-state index in [9.17, 15) is 13.8 Å². The number of pyridine rings is 1. The minimum atomic E-state index is -2.25. The average molecular weight is 409 g/mol. The van der Waals surface area contributed by atoms with E-state index in [0.29, 0.717) is 37.4 Å². The molecule has 1 aromatic carbocycles. The molecule has 1 fully saturated rings. The molecule has 2 heterocycles.